The average molecular weight is 337 g/mol. The lowest BCUT2D eigenvalue weighted by Gasteiger charge is -2.22. The Labute approximate surface area is 114 Å². The summed E-state index contributed by atoms with van der Waals surface area (Å²) in [5.41, 5.74) is 0. The third-order valence-electron chi connectivity index (χ3n) is 2.38. The highest BCUT2D eigenvalue weighted by Gasteiger charge is 2.19. The fraction of sp³-hybridized carbons (Fsp3) is 0.500. The maximum atomic E-state index is 12.0. The van der Waals surface area contributed by atoms with Gasteiger partial charge in [0.15, 0.2) is 0 Å². The van der Waals surface area contributed by atoms with Crippen LogP contribution in [0.1, 0.15) is 0 Å². The molecule has 1 aromatic rings. The second-order valence-electron chi connectivity index (χ2n) is 3.76. The Bertz CT molecular complexity index is 502. The zero-order chi connectivity index (χ0) is 13.0. The second-order valence-corrected chi connectivity index (χ2v) is 6.44. The van der Waals surface area contributed by atoms with E-state index >= 15 is 0 Å². The number of sulfonamides is 1. The lowest BCUT2D eigenvalue weighted by atomic mass is 10.3. The first kappa shape index (κ1) is 13.9. The van der Waals surface area contributed by atoms with E-state index < -0.39 is 10.0 Å². The van der Waals surface area contributed by atoms with Gasteiger partial charge in [0.2, 0.25) is 10.0 Å². The smallest absolute Gasteiger partial charge is 0.242 e. The van der Waals surface area contributed by atoms with Crippen LogP contribution in [0.25, 0.3) is 0 Å². The zero-order valence-corrected chi connectivity index (χ0v) is 11.9. The quantitative estimate of drug-likeness (QED) is 0.868. The Morgan fingerprint density at radius 1 is 1.44 bits per heavy atom. The summed E-state index contributed by atoms with van der Waals surface area (Å²) in [4.78, 5) is 3.94. The van der Waals surface area contributed by atoms with Crippen LogP contribution in [-0.4, -0.2) is 45.9 Å². The van der Waals surface area contributed by atoms with Gasteiger partial charge in [0.05, 0.1) is 25.9 Å². The normalized spacial score (nSPS) is 20.8. The zero-order valence-electron chi connectivity index (χ0n) is 9.50. The molecule has 0 saturated carbocycles. The third kappa shape index (κ3) is 3.72. The van der Waals surface area contributed by atoms with Gasteiger partial charge in [-0.2, -0.15) is 0 Å². The summed E-state index contributed by atoms with van der Waals surface area (Å²) >= 11 is 3.18. The largest absolute Gasteiger partial charge is 0.376 e. The molecule has 1 aliphatic rings. The lowest BCUT2D eigenvalue weighted by molar-refractivity contribution is -0.0846. The number of rotatable bonds is 4. The highest BCUT2D eigenvalue weighted by atomic mass is 79.9. The number of nitrogens with one attached hydrogen (secondary N) is 1. The first-order valence-electron chi connectivity index (χ1n) is 5.37. The van der Waals surface area contributed by atoms with Crippen molar-refractivity contribution < 1.29 is 17.9 Å². The van der Waals surface area contributed by atoms with Crippen molar-refractivity contribution in [3.8, 4) is 0 Å². The van der Waals surface area contributed by atoms with Gasteiger partial charge in [-0.1, -0.05) is 0 Å². The standard InChI is InChI=1S/C10H13BrN2O4S/c11-8-3-10(6-12-4-8)18(14,15)13-5-9-7-16-1-2-17-9/h3-4,6,9,13H,1-2,5,7H2. The summed E-state index contributed by atoms with van der Waals surface area (Å²) in [6.07, 6.45) is 2.58. The number of halogens is 1. The molecule has 2 rings (SSSR count). The van der Waals surface area contributed by atoms with E-state index in [1.807, 2.05) is 0 Å². The molecular formula is C10H13BrN2O4S. The molecule has 100 valence electrons. The molecule has 6 nitrogen and oxygen atoms in total. The summed E-state index contributed by atoms with van der Waals surface area (Å²) in [5, 5.41) is 0. The maximum Gasteiger partial charge on any atom is 0.242 e. The number of ether oxygens (including phenoxy) is 2. The molecule has 8 heteroatoms. The summed E-state index contributed by atoms with van der Waals surface area (Å²) in [6, 6.07) is 1.49. The van der Waals surface area contributed by atoms with Gasteiger partial charge in [-0.3, -0.25) is 4.98 Å². The third-order valence-corrected chi connectivity index (χ3v) is 4.20. The maximum absolute atomic E-state index is 12.0. The van der Waals surface area contributed by atoms with Crippen LogP contribution in [0.4, 0.5) is 0 Å². The Balaban J connectivity index is 1.98. The molecule has 0 radical (unpaired) electrons. The van der Waals surface area contributed by atoms with Gasteiger partial charge >= 0.3 is 0 Å². The molecule has 1 fully saturated rings. The number of hydrogen-bond acceptors (Lipinski definition) is 5. The topological polar surface area (TPSA) is 77.5 Å². The molecule has 1 N–H and O–H groups in total. The van der Waals surface area contributed by atoms with Gasteiger partial charge in [-0.25, -0.2) is 13.1 Å². The van der Waals surface area contributed by atoms with E-state index in [2.05, 4.69) is 25.6 Å². The van der Waals surface area contributed by atoms with E-state index in [0.29, 0.717) is 24.3 Å². The number of hydrogen-bond donors (Lipinski definition) is 1. The molecule has 1 atom stereocenters. The van der Waals surface area contributed by atoms with E-state index in [-0.39, 0.29) is 17.5 Å². The van der Waals surface area contributed by atoms with Crippen molar-refractivity contribution in [2.75, 3.05) is 26.4 Å². The number of aromatic nitrogens is 1. The SMILES string of the molecule is O=S(=O)(NCC1COCCO1)c1cncc(Br)c1. The predicted octanol–water partition coefficient (Wildman–Crippen LogP) is 0.538. The van der Waals surface area contributed by atoms with Crippen molar-refractivity contribution in [3.63, 3.8) is 0 Å². The molecule has 1 aliphatic heterocycles. The minimum absolute atomic E-state index is 0.119. The minimum atomic E-state index is -3.56. The molecule has 2 heterocycles. The van der Waals surface area contributed by atoms with Crippen LogP contribution < -0.4 is 4.72 Å². The predicted molar refractivity (Wildman–Crippen MR) is 67.7 cm³/mol. The lowest BCUT2D eigenvalue weighted by Crippen LogP contribution is -2.39. The molecule has 1 unspecified atom stereocenters. The van der Waals surface area contributed by atoms with Crippen LogP contribution in [0.2, 0.25) is 0 Å². The van der Waals surface area contributed by atoms with Gasteiger partial charge in [0.1, 0.15) is 4.90 Å². The van der Waals surface area contributed by atoms with E-state index in [4.69, 9.17) is 9.47 Å². The van der Waals surface area contributed by atoms with Gasteiger partial charge in [-0.05, 0) is 22.0 Å². The summed E-state index contributed by atoms with van der Waals surface area (Å²) in [6.45, 7) is 1.64. The van der Waals surface area contributed by atoms with Crippen molar-refractivity contribution in [2.24, 2.45) is 0 Å². The van der Waals surface area contributed by atoms with Crippen molar-refractivity contribution >= 4 is 26.0 Å². The van der Waals surface area contributed by atoms with Crippen LogP contribution in [-0.2, 0) is 19.5 Å². The van der Waals surface area contributed by atoms with Crippen molar-refractivity contribution in [3.05, 3.63) is 22.9 Å². The van der Waals surface area contributed by atoms with Gasteiger partial charge in [0, 0.05) is 23.4 Å². The van der Waals surface area contributed by atoms with Crippen LogP contribution in [0, 0.1) is 0 Å². The fourth-order valence-corrected chi connectivity index (χ4v) is 3.05. The molecule has 0 bridgehead atoms. The average Bonchev–Trinajstić information content (AvgIpc) is 2.38. The first-order chi connectivity index (χ1) is 8.58. The van der Waals surface area contributed by atoms with Crippen LogP contribution in [0.3, 0.4) is 0 Å². The van der Waals surface area contributed by atoms with Gasteiger partial charge < -0.3 is 9.47 Å². The van der Waals surface area contributed by atoms with Crippen molar-refractivity contribution in [1.29, 1.82) is 0 Å². The van der Waals surface area contributed by atoms with Gasteiger partial charge in [0.25, 0.3) is 0 Å². The van der Waals surface area contributed by atoms with Crippen LogP contribution in [0.15, 0.2) is 27.8 Å². The fourth-order valence-electron chi connectivity index (χ4n) is 1.48. The molecule has 0 amide bonds. The first-order valence-corrected chi connectivity index (χ1v) is 7.65. The monoisotopic (exact) mass is 336 g/mol. The second kappa shape index (κ2) is 6.07. The van der Waals surface area contributed by atoms with Crippen molar-refractivity contribution in [2.45, 2.75) is 11.0 Å². The van der Waals surface area contributed by atoms with Crippen LogP contribution in [0.5, 0.6) is 0 Å². The summed E-state index contributed by atoms with van der Waals surface area (Å²) < 4.78 is 37.6. The van der Waals surface area contributed by atoms with E-state index in [1.54, 1.807) is 0 Å². The van der Waals surface area contributed by atoms with E-state index in [1.165, 1.54) is 18.5 Å². The Morgan fingerprint density at radius 3 is 2.94 bits per heavy atom. The number of pyridine rings is 1. The van der Waals surface area contributed by atoms with Crippen LogP contribution >= 0.6 is 15.9 Å². The molecule has 0 aromatic carbocycles. The summed E-state index contributed by atoms with van der Waals surface area (Å²) in [5.74, 6) is 0. The molecule has 0 spiro atoms. The molecular weight excluding hydrogens is 324 g/mol. The summed E-state index contributed by atoms with van der Waals surface area (Å²) in [7, 11) is -3.56. The van der Waals surface area contributed by atoms with E-state index in [0.717, 1.165) is 0 Å². The molecule has 1 aromatic heterocycles. The molecule has 0 aliphatic carbocycles. The Kier molecular flexibility index (Phi) is 4.68. The molecule has 1 saturated heterocycles. The van der Waals surface area contributed by atoms with Crippen molar-refractivity contribution in [1.82, 2.24) is 9.71 Å². The van der Waals surface area contributed by atoms with Gasteiger partial charge in [-0.15, -0.1) is 0 Å². The van der Waals surface area contributed by atoms with E-state index in [9.17, 15) is 8.42 Å². The highest BCUT2D eigenvalue weighted by Crippen LogP contribution is 2.14. The minimum Gasteiger partial charge on any atom is -0.376 e. The number of nitrogens with zero attached hydrogens (tertiary/aromatic N) is 1. The highest BCUT2D eigenvalue weighted by molar-refractivity contribution is 9.10. The molecule has 18 heavy (non-hydrogen) atoms. The Morgan fingerprint density at radius 2 is 2.28 bits per heavy atom. The Hall–Kier alpha value is -0.540.